The van der Waals surface area contributed by atoms with Gasteiger partial charge in [0.1, 0.15) is 5.82 Å². The fourth-order valence-electron chi connectivity index (χ4n) is 1.61. The van der Waals surface area contributed by atoms with Crippen LogP contribution in [-0.4, -0.2) is 6.03 Å². The Hall–Kier alpha value is -2.28. The third kappa shape index (κ3) is 4.11. The van der Waals surface area contributed by atoms with Crippen molar-refractivity contribution in [2.24, 2.45) is 0 Å². The minimum absolute atomic E-state index is 0.0225. The van der Waals surface area contributed by atoms with Gasteiger partial charge in [0.2, 0.25) is 0 Å². The third-order valence-electron chi connectivity index (χ3n) is 2.65. The molecule has 0 radical (unpaired) electrons. The van der Waals surface area contributed by atoms with Gasteiger partial charge < -0.3 is 10.6 Å². The zero-order valence-electron chi connectivity index (χ0n) is 10.8. The Labute approximate surface area is 127 Å². The molecular formula is C14H9ClF4N2O. The molecule has 0 fully saturated rings. The van der Waals surface area contributed by atoms with Crippen LogP contribution in [0, 0.1) is 5.82 Å². The van der Waals surface area contributed by atoms with Crippen molar-refractivity contribution in [3.05, 3.63) is 58.9 Å². The molecule has 0 atom stereocenters. The highest BCUT2D eigenvalue weighted by Gasteiger charge is 2.30. The highest BCUT2D eigenvalue weighted by atomic mass is 35.5. The third-order valence-corrected chi connectivity index (χ3v) is 2.96. The number of hydrogen-bond acceptors (Lipinski definition) is 1. The van der Waals surface area contributed by atoms with Crippen molar-refractivity contribution in [2.45, 2.75) is 6.18 Å². The summed E-state index contributed by atoms with van der Waals surface area (Å²) in [4.78, 5) is 11.7. The number of nitrogens with one attached hydrogen (secondary N) is 2. The summed E-state index contributed by atoms with van der Waals surface area (Å²) in [6, 6.07) is 6.84. The van der Waals surface area contributed by atoms with Gasteiger partial charge in [-0.25, -0.2) is 9.18 Å². The van der Waals surface area contributed by atoms with E-state index in [9.17, 15) is 22.4 Å². The number of anilines is 2. The number of benzene rings is 2. The Morgan fingerprint density at radius 1 is 1.00 bits per heavy atom. The monoisotopic (exact) mass is 332 g/mol. The molecule has 0 saturated carbocycles. The van der Waals surface area contributed by atoms with Gasteiger partial charge in [-0.3, -0.25) is 0 Å². The minimum atomic E-state index is -4.52. The Kier molecular flexibility index (Phi) is 4.56. The van der Waals surface area contributed by atoms with Gasteiger partial charge in [-0.1, -0.05) is 11.6 Å². The van der Waals surface area contributed by atoms with E-state index < -0.39 is 23.6 Å². The predicted octanol–water partition coefficient (Wildman–Crippen LogP) is 5.14. The molecule has 3 nitrogen and oxygen atoms in total. The molecule has 0 aliphatic rings. The van der Waals surface area contributed by atoms with Crippen molar-refractivity contribution in [2.75, 3.05) is 10.6 Å². The molecule has 0 bridgehead atoms. The van der Waals surface area contributed by atoms with Gasteiger partial charge in [0.15, 0.2) is 0 Å². The van der Waals surface area contributed by atoms with E-state index in [1.54, 1.807) is 0 Å². The zero-order chi connectivity index (χ0) is 16.3. The van der Waals surface area contributed by atoms with Crippen LogP contribution in [0.4, 0.5) is 33.7 Å². The second kappa shape index (κ2) is 6.23. The molecule has 2 aromatic rings. The van der Waals surface area contributed by atoms with Crippen molar-refractivity contribution < 1.29 is 22.4 Å². The van der Waals surface area contributed by atoms with Gasteiger partial charge in [0.25, 0.3) is 0 Å². The molecule has 2 aromatic carbocycles. The van der Waals surface area contributed by atoms with Gasteiger partial charge in [0, 0.05) is 5.69 Å². The van der Waals surface area contributed by atoms with E-state index in [4.69, 9.17) is 11.6 Å². The molecule has 0 spiro atoms. The van der Waals surface area contributed by atoms with Gasteiger partial charge in [-0.15, -0.1) is 0 Å². The van der Waals surface area contributed by atoms with Crippen LogP contribution in [0.2, 0.25) is 5.02 Å². The topological polar surface area (TPSA) is 41.1 Å². The number of hydrogen-bond donors (Lipinski definition) is 2. The van der Waals surface area contributed by atoms with E-state index >= 15 is 0 Å². The second-order valence-electron chi connectivity index (χ2n) is 4.28. The molecule has 8 heteroatoms. The molecule has 0 aliphatic carbocycles. The molecule has 116 valence electrons. The quantitative estimate of drug-likeness (QED) is 0.734. The van der Waals surface area contributed by atoms with Gasteiger partial charge in [0.05, 0.1) is 16.3 Å². The first-order valence-corrected chi connectivity index (χ1v) is 6.34. The van der Waals surface area contributed by atoms with Gasteiger partial charge in [-0.05, 0) is 42.5 Å². The smallest absolute Gasteiger partial charge is 0.308 e. The average molecular weight is 333 g/mol. The summed E-state index contributed by atoms with van der Waals surface area (Å²) in [7, 11) is 0. The fraction of sp³-hybridized carbons (Fsp3) is 0.0714. The maximum Gasteiger partial charge on any atom is 0.416 e. The minimum Gasteiger partial charge on any atom is -0.308 e. The number of alkyl halides is 3. The van der Waals surface area contributed by atoms with Crippen molar-refractivity contribution in [3.63, 3.8) is 0 Å². The van der Waals surface area contributed by atoms with E-state index in [2.05, 4.69) is 10.6 Å². The van der Waals surface area contributed by atoms with E-state index in [0.717, 1.165) is 30.3 Å². The Bertz CT molecular complexity index is 686. The molecule has 2 amide bonds. The molecule has 0 aromatic heterocycles. The van der Waals surface area contributed by atoms with Crippen LogP contribution in [0.15, 0.2) is 42.5 Å². The van der Waals surface area contributed by atoms with Crippen LogP contribution >= 0.6 is 11.6 Å². The van der Waals surface area contributed by atoms with E-state index in [1.807, 2.05) is 0 Å². The number of carbonyl (C=O) groups is 1. The van der Waals surface area contributed by atoms with Crippen LogP contribution in [0.1, 0.15) is 5.56 Å². The molecule has 22 heavy (non-hydrogen) atoms. The lowest BCUT2D eigenvalue weighted by molar-refractivity contribution is -0.137. The fourth-order valence-corrected chi connectivity index (χ4v) is 1.84. The van der Waals surface area contributed by atoms with Crippen molar-refractivity contribution in [3.8, 4) is 0 Å². The summed E-state index contributed by atoms with van der Waals surface area (Å²) < 4.78 is 50.2. The lowest BCUT2D eigenvalue weighted by Gasteiger charge is -2.11. The Balaban J connectivity index is 2.07. The zero-order valence-corrected chi connectivity index (χ0v) is 11.6. The lowest BCUT2D eigenvalue weighted by Crippen LogP contribution is -2.19. The normalized spacial score (nSPS) is 11.1. The summed E-state index contributed by atoms with van der Waals surface area (Å²) in [5, 5.41) is 4.45. The van der Waals surface area contributed by atoms with Crippen LogP contribution in [-0.2, 0) is 6.18 Å². The number of rotatable bonds is 2. The van der Waals surface area contributed by atoms with E-state index in [-0.39, 0.29) is 10.7 Å². The molecule has 2 rings (SSSR count). The van der Waals surface area contributed by atoms with Crippen molar-refractivity contribution in [1.29, 1.82) is 0 Å². The van der Waals surface area contributed by atoms with Crippen molar-refractivity contribution >= 4 is 29.0 Å². The predicted molar refractivity (Wildman–Crippen MR) is 75.5 cm³/mol. The summed E-state index contributed by atoms with van der Waals surface area (Å²) in [5.74, 6) is -0.461. The average Bonchev–Trinajstić information content (AvgIpc) is 2.42. The largest absolute Gasteiger partial charge is 0.416 e. The van der Waals surface area contributed by atoms with Gasteiger partial charge >= 0.3 is 12.2 Å². The number of halogens is 5. The van der Waals surface area contributed by atoms with Crippen LogP contribution in [0.5, 0.6) is 0 Å². The molecular weight excluding hydrogens is 324 g/mol. The highest BCUT2D eigenvalue weighted by Crippen LogP contribution is 2.33. The standard InChI is InChI=1S/C14H9ClF4N2O/c15-11-7-8(14(17,18)19)1-6-12(11)21-13(22)20-10-4-2-9(16)3-5-10/h1-7H,(H2,20,21,22). The first-order chi connectivity index (χ1) is 10.3. The molecule has 0 unspecified atom stereocenters. The number of urea groups is 1. The van der Waals surface area contributed by atoms with Gasteiger partial charge in [-0.2, -0.15) is 13.2 Å². The van der Waals surface area contributed by atoms with Crippen LogP contribution in [0.25, 0.3) is 0 Å². The van der Waals surface area contributed by atoms with Crippen molar-refractivity contribution in [1.82, 2.24) is 0 Å². The molecule has 2 N–H and O–H groups in total. The Morgan fingerprint density at radius 2 is 1.64 bits per heavy atom. The molecule has 0 saturated heterocycles. The van der Waals surface area contributed by atoms with E-state index in [0.29, 0.717) is 5.69 Å². The Morgan fingerprint density at radius 3 is 2.18 bits per heavy atom. The first kappa shape index (κ1) is 16.1. The number of amides is 2. The summed E-state index contributed by atoms with van der Waals surface area (Å²) in [6.07, 6.45) is -4.52. The highest BCUT2D eigenvalue weighted by molar-refractivity contribution is 6.33. The molecule has 0 heterocycles. The lowest BCUT2D eigenvalue weighted by atomic mass is 10.2. The summed E-state index contributed by atoms with van der Waals surface area (Å²) in [6.45, 7) is 0. The second-order valence-corrected chi connectivity index (χ2v) is 4.69. The van der Waals surface area contributed by atoms with E-state index in [1.165, 1.54) is 12.1 Å². The maximum atomic E-state index is 12.7. The summed E-state index contributed by atoms with van der Waals surface area (Å²) in [5.41, 5.74) is -0.571. The first-order valence-electron chi connectivity index (χ1n) is 5.96. The maximum absolute atomic E-state index is 12.7. The SMILES string of the molecule is O=C(Nc1ccc(F)cc1)Nc1ccc(C(F)(F)F)cc1Cl. The number of carbonyl (C=O) groups excluding carboxylic acids is 1. The molecule has 0 aliphatic heterocycles. The summed E-state index contributed by atoms with van der Waals surface area (Å²) >= 11 is 5.71. The van der Waals surface area contributed by atoms with Crippen LogP contribution < -0.4 is 10.6 Å². The van der Waals surface area contributed by atoms with Crippen LogP contribution in [0.3, 0.4) is 0 Å².